The molecule has 0 amide bonds. The van der Waals surface area contributed by atoms with E-state index in [1.165, 1.54) is 0 Å². The molecule has 1 saturated heterocycles. The van der Waals surface area contributed by atoms with Gasteiger partial charge in [0.05, 0.1) is 11.6 Å². The number of nitrogen functional groups attached to an aromatic ring is 1. The van der Waals surface area contributed by atoms with Crippen molar-refractivity contribution in [1.82, 2.24) is 24.1 Å². The molecule has 0 aliphatic carbocycles. The van der Waals surface area contributed by atoms with Crippen LogP contribution in [-0.4, -0.2) is 58.7 Å². The summed E-state index contributed by atoms with van der Waals surface area (Å²) in [6.07, 6.45) is 1.58. The highest BCUT2D eigenvalue weighted by Crippen LogP contribution is 2.24. The van der Waals surface area contributed by atoms with Crippen LogP contribution in [0.25, 0.3) is 11.0 Å². The van der Waals surface area contributed by atoms with E-state index in [0.29, 0.717) is 23.0 Å². The van der Waals surface area contributed by atoms with Crippen LogP contribution in [0, 0.1) is 11.6 Å². The molecule has 3 heterocycles. The van der Waals surface area contributed by atoms with Crippen molar-refractivity contribution in [2.75, 3.05) is 36.8 Å². The Morgan fingerprint density at radius 3 is 2.54 bits per heavy atom. The molecule has 3 aromatic rings. The van der Waals surface area contributed by atoms with Crippen LogP contribution in [0.3, 0.4) is 0 Å². The number of sulfonamides is 1. The van der Waals surface area contributed by atoms with E-state index >= 15 is 0 Å². The minimum Gasteiger partial charge on any atom is -0.383 e. The standard InChI is InChI=1S/C16H17F2N7O2S/c1-23-15-11(9-20-23)14(19)21-16(22-15)24-4-6-25(7-5-24)28(26,27)13-8-10(17)2-3-12(13)18/h2-3,8-9H,4-7H2,1H3,(H2,19,21,22). The van der Waals surface area contributed by atoms with Crippen LogP contribution in [-0.2, 0) is 17.1 Å². The maximum absolute atomic E-state index is 13.9. The fourth-order valence-electron chi connectivity index (χ4n) is 3.12. The smallest absolute Gasteiger partial charge is 0.246 e. The Labute approximate surface area is 159 Å². The molecule has 1 fully saturated rings. The second-order valence-electron chi connectivity index (χ2n) is 6.38. The predicted molar refractivity (Wildman–Crippen MR) is 98.0 cm³/mol. The number of aromatic nitrogens is 4. The Hall–Kier alpha value is -2.86. The zero-order valence-electron chi connectivity index (χ0n) is 14.9. The summed E-state index contributed by atoms with van der Waals surface area (Å²) in [5.41, 5.74) is 6.53. The van der Waals surface area contributed by atoms with Crippen LogP contribution in [0.5, 0.6) is 0 Å². The van der Waals surface area contributed by atoms with Gasteiger partial charge in [-0.2, -0.15) is 19.4 Å². The first-order valence-corrected chi connectivity index (χ1v) is 9.87. The van der Waals surface area contributed by atoms with E-state index in [1.54, 1.807) is 22.8 Å². The number of nitrogens with zero attached hydrogens (tertiary/aromatic N) is 6. The number of nitrogens with two attached hydrogens (primary N) is 1. The number of halogens is 2. The molecule has 1 aliphatic rings. The second kappa shape index (κ2) is 6.63. The average Bonchev–Trinajstić information content (AvgIpc) is 3.05. The zero-order valence-corrected chi connectivity index (χ0v) is 15.7. The molecule has 1 aliphatic heterocycles. The molecule has 2 aromatic heterocycles. The summed E-state index contributed by atoms with van der Waals surface area (Å²) in [6, 6.07) is 2.37. The molecular weight excluding hydrogens is 392 g/mol. The van der Waals surface area contributed by atoms with Gasteiger partial charge in [0, 0.05) is 33.2 Å². The van der Waals surface area contributed by atoms with Gasteiger partial charge in [0.2, 0.25) is 16.0 Å². The fourth-order valence-corrected chi connectivity index (χ4v) is 4.61. The zero-order chi connectivity index (χ0) is 20.1. The van der Waals surface area contributed by atoms with E-state index in [2.05, 4.69) is 15.1 Å². The number of hydrogen-bond acceptors (Lipinski definition) is 7. The van der Waals surface area contributed by atoms with Crippen LogP contribution in [0.4, 0.5) is 20.5 Å². The molecule has 4 rings (SSSR count). The summed E-state index contributed by atoms with van der Waals surface area (Å²) in [4.78, 5) is 9.84. The van der Waals surface area contributed by atoms with Crippen molar-refractivity contribution in [3.05, 3.63) is 36.0 Å². The highest BCUT2D eigenvalue weighted by Gasteiger charge is 2.32. The minimum atomic E-state index is -4.15. The number of rotatable bonds is 3. The molecule has 12 heteroatoms. The van der Waals surface area contributed by atoms with Crippen molar-refractivity contribution in [2.24, 2.45) is 7.05 Å². The molecule has 0 radical (unpaired) electrons. The molecule has 9 nitrogen and oxygen atoms in total. The van der Waals surface area contributed by atoms with Crippen molar-refractivity contribution < 1.29 is 17.2 Å². The summed E-state index contributed by atoms with van der Waals surface area (Å²) in [5, 5.41) is 4.73. The minimum absolute atomic E-state index is 0.0744. The first-order chi connectivity index (χ1) is 13.3. The molecular formula is C16H17F2N7O2S. The third kappa shape index (κ3) is 3.03. The quantitative estimate of drug-likeness (QED) is 0.679. The molecule has 148 valence electrons. The van der Waals surface area contributed by atoms with Gasteiger partial charge in [0.15, 0.2) is 5.65 Å². The number of anilines is 2. The highest BCUT2D eigenvalue weighted by molar-refractivity contribution is 7.89. The van der Waals surface area contributed by atoms with Crippen LogP contribution < -0.4 is 10.6 Å². The topological polar surface area (TPSA) is 110 Å². The van der Waals surface area contributed by atoms with Gasteiger partial charge in [-0.25, -0.2) is 17.2 Å². The first-order valence-electron chi connectivity index (χ1n) is 8.43. The number of fused-ring (bicyclic) bond motifs is 1. The lowest BCUT2D eigenvalue weighted by Crippen LogP contribution is -2.49. The lowest BCUT2D eigenvalue weighted by Gasteiger charge is -2.34. The van der Waals surface area contributed by atoms with Crippen molar-refractivity contribution in [1.29, 1.82) is 0 Å². The third-order valence-electron chi connectivity index (χ3n) is 4.64. The molecule has 0 saturated carbocycles. The SMILES string of the molecule is Cn1ncc2c(N)nc(N3CCN(S(=O)(=O)c4cc(F)ccc4F)CC3)nc21. The Morgan fingerprint density at radius 2 is 1.82 bits per heavy atom. The first kappa shape index (κ1) is 18.5. The number of aryl methyl sites for hydroxylation is 1. The largest absolute Gasteiger partial charge is 0.383 e. The second-order valence-corrected chi connectivity index (χ2v) is 8.29. The van der Waals surface area contributed by atoms with E-state index in [4.69, 9.17) is 5.73 Å². The van der Waals surface area contributed by atoms with E-state index in [1.807, 2.05) is 0 Å². The summed E-state index contributed by atoms with van der Waals surface area (Å²) in [5.74, 6) is -1.15. The predicted octanol–water partition coefficient (Wildman–Crippen LogP) is 0.735. The molecule has 0 bridgehead atoms. The van der Waals surface area contributed by atoms with Gasteiger partial charge in [0.25, 0.3) is 0 Å². The summed E-state index contributed by atoms with van der Waals surface area (Å²) in [7, 11) is -2.42. The van der Waals surface area contributed by atoms with E-state index in [-0.39, 0.29) is 32.0 Å². The molecule has 0 spiro atoms. The Bertz CT molecular complexity index is 1160. The van der Waals surface area contributed by atoms with Crippen LogP contribution in [0.15, 0.2) is 29.3 Å². The van der Waals surface area contributed by atoms with E-state index in [9.17, 15) is 17.2 Å². The van der Waals surface area contributed by atoms with Crippen LogP contribution >= 0.6 is 0 Å². The van der Waals surface area contributed by atoms with Gasteiger partial charge in [-0.1, -0.05) is 0 Å². The van der Waals surface area contributed by atoms with E-state index in [0.717, 1.165) is 16.4 Å². The summed E-state index contributed by atoms with van der Waals surface area (Å²) < 4.78 is 55.4. The van der Waals surface area contributed by atoms with Crippen molar-refractivity contribution in [3.8, 4) is 0 Å². The van der Waals surface area contributed by atoms with Gasteiger partial charge >= 0.3 is 0 Å². The Morgan fingerprint density at radius 1 is 1.11 bits per heavy atom. The normalized spacial score (nSPS) is 16.0. The van der Waals surface area contributed by atoms with Crippen LogP contribution in [0.1, 0.15) is 0 Å². The lowest BCUT2D eigenvalue weighted by atomic mass is 10.3. The summed E-state index contributed by atoms with van der Waals surface area (Å²) >= 11 is 0. The molecule has 0 unspecified atom stereocenters. The Kier molecular flexibility index (Phi) is 4.38. The lowest BCUT2D eigenvalue weighted by molar-refractivity contribution is 0.380. The van der Waals surface area contributed by atoms with Crippen molar-refractivity contribution >= 4 is 32.8 Å². The Balaban J connectivity index is 1.56. The van der Waals surface area contributed by atoms with Gasteiger partial charge in [0.1, 0.15) is 22.3 Å². The maximum Gasteiger partial charge on any atom is 0.246 e. The number of piperazine rings is 1. The summed E-state index contributed by atoms with van der Waals surface area (Å²) in [6.45, 7) is 0.702. The fraction of sp³-hybridized carbons (Fsp3) is 0.312. The monoisotopic (exact) mass is 409 g/mol. The van der Waals surface area contributed by atoms with Crippen LogP contribution in [0.2, 0.25) is 0 Å². The molecule has 28 heavy (non-hydrogen) atoms. The molecule has 0 atom stereocenters. The van der Waals surface area contributed by atoms with Gasteiger partial charge < -0.3 is 10.6 Å². The highest BCUT2D eigenvalue weighted by atomic mass is 32.2. The van der Waals surface area contributed by atoms with Gasteiger partial charge in [-0.15, -0.1) is 0 Å². The van der Waals surface area contributed by atoms with Crippen molar-refractivity contribution in [3.63, 3.8) is 0 Å². The van der Waals surface area contributed by atoms with E-state index < -0.39 is 26.6 Å². The number of hydrogen-bond donors (Lipinski definition) is 1. The third-order valence-corrected chi connectivity index (χ3v) is 6.56. The van der Waals surface area contributed by atoms with Crippen molar-refractivity contribution in [2.45, 2.75) is 4.90 Å². The number of benzene rings is 1. The van der Waals surface area contributed by atoms with Gasteiger partial charge in [-0.05, 0) is 18.2 Å². The average molecular weight is 409 g/mol. The molecule has 1 aromatic carbocycles. The van der Waals surface area contributed by atoms with Gasteiger partial charge in [-0.3, -0.25) is 4.68 Å². The molecule has 2 N–H and O–H groups in total. The maximum atomic E-state index is 13.9.